The molecule has 1 aliphatic rings. The van der Waals surface area contributed by atoms with Crippen LogP contribution in [-0.4, -0.2) is 55.0 Å². The number of hydrogen-bond donors (Lipinski definition) is 1. The zero-order chi connectivity index (χ0) is 17.9. The van der Waals surface area contributed by atoms with E-state index in [0.717, 1.165) is 31.0 Å². The number of thioether (sulfide) groups is 1. The van der Waals surface area contributed by atoms with Crippen LogP contribution in [0.2, 0.25) is 0 Å². The van der Waals surface area contributed by atoms with Crippen LogP contribution < -0.4 is 5.32 Å². The third-order valence-electron chi connectivity index (χ3n) is 4.33. The number of amides is 1. The Balaban J connectivity index is 1.48. The molecule has 8 heteroatoms. The highest BCUT2D eigenvalue weighted by molar-refractivity contribution is 7.99. The average Bonchev–Trinajstić information content (AvgIpc) is 3.09. The van der Waals surface area contributed by atoms with Gasteiger partial charge in [0.25, 0.3) is 11.7 Å². The SMILES string of the molecule is Cc1ccnc2nc(C(=O)Nc3cccc(CN4CCSCC4)c3)nn12. The second kappa shape index (κ2) is 7.43. The molecule has 1 aliphatic heterocycles. The Labute approximate surface area is 155 Å². The summed E-state index contributed by atoms with van der Waals surface area (Å²) in [7, 11) is 0. The number of aromatic nitrogens is 4. The van der Waals surface area contributed by atoms with Crippen molar-refractivity contribution in [3.8, 4) is 0 Å². The van der Waals surface area contributed by atoms with E-state index in [0.29, 0.717) is 5.78 Å². The summed E-state index contributed by atoms with van der Waals surface area (Å²) in [6.07, 6.45) is 1.66. The third-order valence-corrected chi connectivity index (χ3v) is 5.27. The van der Waals surface area contributed by atoms with Gasteiger partial charge in [-0.1, -0.05) is 12.1 Å². The summed E-state index contributed by atoms with van der Waals surface area (Å²) in [4.78, 5) is 23.3. The zero-order valence-electron chi connectivity index (χ0n) is 14.6. The van der Waals surface area contributed by atoms with Gasteiger partial charge in [0, 0.05) is 48.7 Å². The molecule has 1 N–H and O–H groups in total. The number of anilines is 1. The normalized spacial score (nSPS) is 15.3. The molecule has 26 heavy (non-hydrogen) atoms. The molecule has 3 aromatic rings. The van der Waals surface area contributed by atoms with E-state index >= 15 is 0 Å². The van der Waals surface area contributed by atoms with Gasteiger partial charge in [-0.2, -0.15) is 16.7 Å². The number of rotatable bonds is 4. The number of hydrogen-bond acceptors (Lipinski definition) is 6. The highest BCUT2D eigenvalue weighted by Crippen LogP contribution is 2.16. The average molecular weight is 368 g/mol. The van der Waals surface area contributed by atoms with Crippen LogP contribution in [0.1, 0.15) is 21.9 Å². The highest BCUT2D eigenvalue weighted by Gasteiger charge is 2.15. The standard InChI is InChI=1S/C18H20N6OS/c1-13-5-6-19-18-21-16(22-24(13)18)17(25)20-15-4-2-3-14(11-15)12-23-7-9-26-10-8-23/h2-6,11H,7-10,12H2,1H3,(H,20,25). The van der Waals surface area contributed by atoms with Crippen molar-refractivity contribution in [2.24, 2.45) is 0 Å². The van der Waals surface area contributed by atoms with Crippen LogP contribution in [0.4, 0.5) is 5.69 Å². The van der Waals surface area contributed by atoms with Crippen LogP contribution in [0, 0.1) is 6.92 Å². The molecule has 4 rings (SSSR count). The monoisotopic (exact) mass is 368 g/mol. The first-order valence-corrected chi connectivity index (χ1v) is 9.73. The van der Waals surface area contributed by atoms with Gasteiger partial charge in [0.1, 0.15) is 0 Å². The highest BCUT2D eigenvalue weighted by atomic mass is 32.2. The van der Waals surface area contributed by atoms with E-state index in [9.17, 15) is 4.79 Å². The second-order valence-electron chi connectivity index (χ2n) is 6.28. The molecule has 134 valence electrons. The molecule has 1 fully saturated rings. The molecule has 1 saturated heterocycles. The molecule has 0 unspecified atom stereocenters. The van der Waals surface area contributed by atoms with Gasteiger partial charge < -0.3 is 5.32 Å². The topological polar surface area (TPSA) is 75.4 Å². The Hall–Kier alpha value is -2.45. The Kier molecular flexibility index (Phi) is 4.85. The van der Waals surface area contributed by atoms with Gasteiger partial charge >= 0.3 is 0 Å². The maximum absolute atomic E-state index is 12.5. The molecule has 0 radical (unpaired) electrons. The molecule has 0 aliphatic carbocycles. The smallest absolute Gasteiger partial charge is 0.295 e. The van der Waals surface area contributed by atoms with Crippen molar-refractivity contribution in [2.45, 2.75) is 13.5 Å². The van der Waals surface area contributed by atoms with E-state index in [2.05, 4.69) is 31.3 Å². The van der Waals surface area contributed by atoms with Crippen LogP contribution in [0.3, 0.4) is 0 Å². The predicted octanol–water partition coefficient (Wildman–Crippen LogP) is 2.23. The summed E-state index contributed by atoms with van der Waals surface area (Å²) in [6, 6.07) is 9.78. The molecule has 2 aromatic heterocycles. The van der Waals surface area contributed by atoms with Gasteiger partial charge in [0.05, 0.1) is 0 Å². The summed E-state index contributed by atoms with van der Waals surface area (Å²) < 4.78 is 1.57. The molecule has 7 nitrogen and oxygen atoms in total. The number of fused-ring (bicyclic) bond motifs is 1. The number of carbonyl (C=O) groups excluding carboxylic acids is 1. The van der Waals surface area contributed by atoms with E-state index in [4.69, 9.17) is 0 Å². The molecule has 0 saturated carbocycles. The Morgan fingerprint density at radius 1 is 1.27 bits per heavy atom. The fourth-order valence-electron chi connectivity index (χ4n) is 2.95. The zero-order valence-corrected chi connectivity index (χ0v) is 15.4. The minimum Gasteiger partial charge on any atom is -0.319 e. The number of carbonyl (C=O) groups is 1. The Morgan fingerprint density at radius 3 is 2.92 bits per heavy atom. The van der Waals surface area contributed by atoms with Gasteiger partial charge in [-0.25, -0.2) is 9.50 Å². The lowest BCUT2D eigenvalue weighted by molar-refractivity contribution is 0.101. The molecular weight excluding hydrogens is 348 g/mol. The number of benzene rings is 1. The summed E-state index contributed by atoms with van der Waals surface area (Å²) in [5.41, 5.74) is 2.82. The Morgan fingerprint density at radius 2 is 2.12 bits per heavy atom. The summed E-state index contributed by atoms with van der Waals surface area (Å²) in [5, 5.41) is 7.13. The lowest BCUT2D eigenvalue weighted by atomic mass is 10.2. The van der Waals surface area contributed by atoms with Crippen LogP contribution in [0.25, 0.3) is 5.78 Å². The van der Waals surface area contributed by atoms with Crippen molar-refractivity contribution in [3.05, 3.63) is 53.6 Å². The maximum Gasteiger partial charge on any atom is 0.295 e. The van der Waals surface area contributed by atoms with Crippen molar-refractivity contribution in [1.82, 2.24) is 24.5 Å². The Bertz CT molecular complexity index is 934. The largest absolute Gasteiger partial charge is 0.319 e. The molecule has 1 amide bonds. The van der Waals surface area contributed by atoms with Crippen molar-refractivity contribution in [3.63, 3.8) is 0 Å². The fraction of sp³-hybridized carbons (Fsp3) is 0.333. The van der Waals surface area contributed by atoms with E-state index in [1.165, 1.54) is 17.1 Å². The van der Waals surface area contributed by atoms with E-state index in [1.54, 1.807) is 10.7 Å². The van der Waals surface area contributed by atoms with Crippen LogP contribution in [-0.2, 0) is 6.54 Å². The maximum atomic E-state index is 12.5. The van der Waals surface area contributed by atoms with Crippen molar-refractivity contribution < 1.29 is 4.79 Å². The minimum absolute atomic E-state index is 0.116. The van der Waals surface area contributed by atoms with Crippen molar-refractivity contribution in [1.29, 1.82) is 0 Å². The van der Waals surface area contributed by atoms with E-state index in [-0.39, 0.29) is 11.7 Å². The van der Waals surface area contributed by atoms with Crippen molar-refractivity contribution >= 4 is 29.1 Å². The van der Waals surface area contributed by atoms with Crippen LogP contribution in [0.5, 0.6) is 0 Å². The molecule has 1 aromatic carbocycles. The van der Waals surface area contributed by atoms with Crippen LogP contribution >= 0.6 is 11.8 Å². The molecule has 0 spiro atoms. The number of nitrogens with zero attached hydrogens (tertiary/aromatic N) is 5. The van der Waals surface area contributed by atoms with Gasteiger partial charge in [0.2, 0.25) is 5.82 Å². The first kappa shape index (κ1) is 17.0. The minimum atomic E-state index is -0.332. The fourth-order valence-corrected chi connectivity index (χ4v) is 3.93. The quantitative estimate of drug-likeness (QED) is 0.761. The number of nitrogens with one attached hydrogen (secondary N) is 1. The molecule has 0 atom stereocenters. The molecular formula is C18H20N6OS. The van der Waals surface area contributed by atoms with Gasteiger partial charge in [-0.3, -0.25) is 9.69 Å². The number of aryl methyl sites for hydroxylation is 1. The summed E-state index contributed by atoms with van der Waals surface area (Å²) in [5.74, 6) is 2.57. The van der Waals surface area contributed by atoms with E-state index in [1.807, 2.05) is 43.0 Å². The summed E-state index contributed by atoms with van der Waals surface area (Å²) in [6.45, 7) is 5.02. The third kappa shape index (κ3) is 3.71. The second-order valence-corrected chi connectivity index (χ2v) is 7.50. The van der Waals surface area contributed by atoms with Gasteiger partial charge in [-0.05, 0) is 30.7 Å². The van der Waals surface area contributed by atoms with Crippen molar-refractivity contribution in [2.75, 3.05) is 29.9 Å². The molecule has 0 bridgehead atoms. The first-order chi connectivity index (χ1) is 12.7. The van der Waals surface area contributed by atoms with Gasteiger partial charge in [0.15, 0.2) is 0 Å². The van der Waals surface area contributed by atoms with Crippen LogP contribution in [0.15, 0.2) is 36.5 Å². The van der Waals surface area contributed by atoms with Gasteiger partial charge in [-0.15, -0.1) is 5.10 Å². The first-order valence-electron chi connectivity index (χ1n) is 8.58. The van der Waals surface area contributed by atoms with E-state index < -0.39 is 0 Å². The lowest BCUT2D eigenvalue weighted by Gasteiger charge is -2.26. The summed E-state index contributed by atoms with van der Waals surface area (Å²) >= 11 is 2.00. The predicted molar refractivity (Wildman–Crippen MR) is 103 cm³/mol. The lowest BCUT2D eigenvalue weighted by Crippen LogP contribution is -2.31. The molecule has 3 heterocycles.